The van der Waals surface area contributed by atoms with E-state index in [-0.39, 0.29) is 11.9 Å². The van der Waals surface area contributed by atoms with E-state index < -0.39 is 0 Å². The van der Waals surface area contributed by atoms with E-state index in [0.717, 1.165) is 47.2 Å². The second-order valence-corrected chi connectivity index (χ2v) is 7.91. The number of rotatable bonds is 5. The Labute approximate surface area is 148 Å². The van der Waals surface area contributed by atoms with Gasteiger partial charge in [-0.25, -0.2) is 0 Å². The molecule has 1 unspecified atom stereocenters. The van der Waals surface area contributed by atoms with E-state index in [0.29, 0.717) is 0 Å². The van der Waals surface area contributed by atoms with Gasteiger partial charge in [0.2, 0.25) is 0 Å². The third kappa shape index (κ3) is 4.38. The minimum Gasteiger partial charge on any atom is -0.320 e. The zero-order valence-electron chi connectivity index (χ0n) is 16.2. The van der Waals surface area contributed by atoms with Crippen LogP contribution in [0.15, 0.2) is 12.1 Å². The first-order valence-electron chi connectivity index (χ1n) is 9.60. The van der Waals surface area contributed by atoms with Crippen molar-refractivity contribution in [2.75, 3.05) is 25.5 Å². The molecule has 0 saturated carbocycles. The van der Waals surface area contributed by atoms with E-state index in [1.807, 2.05) is 0 Å². The van der Waals surface area contributed by atoms with Crippen LogP contribution < -0.4 is 5.32 Å². The number of benzene rings is 1. The molecule has 3 heteroatoms. The van der Waals surface area contributed by atoms with Gasteiger partial charge in [-0.2, -0.15) is 0 Å². The SMILES string of the molecule is CCCC(C(=O)Nc1c(C)cc(C)cc1C)[N+]1(C)CCCCCC1. The third-order valence-electron chi connectivity index (χ3n) is 5.63. The van der Waals surface area contributed by atoms with Gasteiger partial charge in [-0.1, -0.05) is 24.6 Å². The maximum Gasteiger partial charge on any atom is 0.282 e. The highest BCUT2D eigenvalue weighted by Gasteiger charge is 2.38. The number of anilines is 1. The molecule has 1 aliphatic rings. The molecule has 1 aromatic rings. The van der Waals surface area contributed by atoms with E-state index in [9.17, 15) is 4.79 Å². The second-order valence-electron chi connectivity index (χ2n) is 7.91. The van der Waals surface area contributed by atoms with Crippen molar-refractivity contribution < 1.29 is 9.28 Å². The first kappa shape index (κ1) is 19.0. The van der Waals surface area contributed by atoms with E-state index in [4.69, 9.17) is 0 Å². The molecule has 1 saturated heterocycles. The minimum atomic E-state index is 0.0632. The molecule has 2 rings (SSSR count). The van der Waals surface area contributed by atoms with Crippen molar-refractivity contribution in [2.45, 2.75) is 72.3 Å². The van der Waals surface area contributed by atoms with E-state index in [1.54, 1.807) is 0 Å². The van der Waals surface area contributed by atoms with Crippen LogP contribution in [0.1, 0.15) is 62.1 Å². The molecule has 1 aromatic carbocycles. The number of quaternary nitrogens is 1. The quantitative estimate of drug-likeness (QED) is 0.776. The van der Waals surface area contributed by atoms with Crippen LogP contribution in [-0.4, -0.2) is 36.6 Å². The van der Waals surface area contributed by atoms with Gasteiger partial charge < -0.3 is 9.80 Å². The molecular formula is C21H35N2O+. The van der Waals surface area contributed by atoms with Gasteiger partial charge in [-0.15, -0.1) is 0 Å². The van der Waals surface area contributed by atoms with E-state index in [1.165, 1.54) is 31.2 Å². The summed E-state index contributed by atoms with van der Waals surface area (Å²) in [4.78, 5) is 13.2. The van der Waals surface area contributed by atoms with Gasteiger partial charge in [-0.3, -0.25) is 4.79 Å². The van der Waals surface area contributed by atoms with Gasteiger partial charge in [0.05, 0.1) is 20.1 Å². The molecule has 134 valence electrons. The monoisotopic (exact) mass is 331 g/mol. The molecular weight excluding hydrogens is 296 g/mol. The molecule has 1 aliphatic heterocycles. The van der Waals surface area contributed by atoms with Crippen LogP contribution in [0.4, 0.5) is 5.69 Å². The number of nitrogens with one attached hydrogen (secondary N) is 1. The van der Waals surface area contributed by atoms with Crippen LogP contribution in [0.2, 0.25) is 0 Å². The van der Waals surface area contributed by atoms with Crippen LogP contribution in [0, 0.1) is 20.8 Å². The highest BCUT2D eigenvalue weighted by Crippen LogP contribution is 2.26. The van der Waals surface area contributed by atoms with Gasteiger partial charge in [0.15, 0.2) is 6.04 Å². The number of hydrogen-bond donors (Lipinski definition) is 1. The normalized spacial score (nSPS) is 18.7. The van der Waals surface area contributed by atoms with Crippen molar-refractivity contribution in [1.29, 1.82) is 0 Å². The lowest BCUT2D eigenvalue weighted by atomic mass is 10.0. The molecule has 1 amide bonds. The largest absolute Gasteiger partial charge is 0.320 e. The standard InChI is InChI=1S/C21H34N2O/c1-6-11-19(23(5)12-9-7-8-10-13-23)21(24)22-20-17(3)14-16(2)15-18(20)4/h14-15,19H,6-13H2,1-5H3/p+1. The molecule has 0 spiro atoms. The summed E-state index contributed by atoms with van der Waals surface area (Å²) in [6.45, 7) is 10.7. The molecule has 1 fully saturated rings. The van der Waals surface area contributed by atoms with Crippen LogP contribution in [0.5, 0.6) is 0 Å². The molecule has 0 radical (unpaired) electrons. The molecule has 1 N–H and O–H groups in total. The van der Waals surface area contributed by atoms with Crippen LogP contribution >= 0.6 is 0 Å². The van der Waals surface area contributed by atoms with Crippen molar-refractivity contribution in [3.05, 3.63) is 28.8 Å². The van der Waals surface area contributed by atoms with Crippen molar-refractivity contribution in [3.63, 3.8) is 0 Å². The molecule has 24 heavy (non-hydrogen) atoms. The fraction of sp³-hybridized carbons (Fsp3) is 0.667. The molecule has 0 aromatic heterocycles. The number of nitrogens with zero attached hydrogens (tertiary/aromatic N) is 1. The highest BCUT2D eigenvalue weighted by atomic mass is 16.2. The predicted molar refractivity (Wildman–Crippen MR) is 102 cm³/mol. The number of carbonyl (C=O) groups excluding carboxylic acids is 1. The van der Waals surface area contributed by atoms with Gasteiger partial charge in [0.25, 0.3) is 5.91 Å². The number of likely N-dealkylation sites (N-methyl/N-ethyl adjacent to an activating group) is 1. The van der Waals surface area contributed by atoms with Crippen molar-refractivity contribution in [1.82, 2.24) is 0 Å². The summed E-state index contributed by atoms with van der Waals surface area (Å²) >= 11 is 0. The van der Waals surface area contributed by atoms with Crippen LogP contribution in [-0.2, 0) is 4.79 Å². The molecule has 3 nitrogen and oxygen atoms in total. The number of likely N-dealkylation sites (tertiary alicyclic amines) is 1. The Hall–Kier alpha value is -1.35. The van der Waals surface area contributed by atoms with Crippen LogP contribution in [0.25, 0.3) is 0 Å². The number of aryl methyl sites for hydroxylation is 3. The second kappa shape index (κ2) is 8.15. The Morgan fingerprint density at radius 2 is 1.62 bits per heavy atom. The maximum absolute atomic E-state index is 13.2. The summed E-state index contributed by atoms with van der Waals surface area (Å²) < 4.78 is 0.906. The fourth-order valence-electron chi connectivity index (χ4n) is 4.31. The molecule has 0 bridgehead atoms. The lowest BCUT2D eigenvalue weighted by Crippen LogP contribution is -2.57. The summed E-state index contributed by atoms with van der Waals surface area (Å²) in [7, 11) is 2.29. The van der Waals surface area contributed by atoms with Crippen molar-refractivity contribution in [3.8, 4) is 0 Å². The fourth-order valence-corrected chi connectivity index (χ4v) is 4.31. The zero-order valence-corrected chi connectivity index (χ0v) is 16.2. The molecule has 1 atom stereocenters. The third-order valence-corrected chi connectivity index (χ3v) is 5.63. The summed E-state index contributed by atoms with van der Waals surface area (Å²) in [6, 6.07) is 4.37. The van der Waals surface area contributed by atoms with Gasteiger partial charge in [0, 0.05) is 12.1 Å². The van der Waals surface area contributed by atoms with Crippen molar-refractivity contribution in [2.24, 2.45) is 0 Å². The Balaban J connectivity index is 2.23. The Kier molecular flexibility index (Phi) is 6.45. The lowest BCUT2D eigenvalue weighted by Gasteiger charge is -2.40. The first-order valence-corrected chi connectivity index (χ1v) is 9.60. The number of hydrogen-bond acceptors (Lipinski definition) is 1. The first-order chi connectivity index (χ1) is 11.4. The van der Waals surface area contributed by atoms with E-state index in [2.05, 4.69) is 52.2 Å². The Morgan fingerprint density at radius 3 is 2.12 bits per heavy atom. The molecule has 1 heterocycles. The summed E-state index contributed by atoms with van der Waals surface area (Å²) in [5, 5.41) is 3.28. The van der Waals surface area contributed by atoms with Crippen LogP contribution in [0.3, 0.4) is 0 Å². The van der Waals surface area contributed by atoms with Crippen molar-refractivity contribution >= 4 is 11.6 Å². The Bertz CT molecular complexity index is 548. The van der Waals surface area contributed by atoms with Gasteiger partial charge in [0.1, 0.15) is 0 Å². The Morgan fingerprint density at radius 1 is 1.08 bits per heavy atom. The topological polar surface area (TPSA) is 29.1 Å². The summed E-state index contributed by atoms with van der Waals surface area (Å²) in [5.41, 5.74) is 4.58. The smallest absolute Gasteiger partial charge is 0.282 e. The average Bonchev–Trinajstić information content (AvgIpc) is 2.73. The summed E-state index contributed by atoms with van der Waals surface area (Å²) in [5.74, 6) is 0.205. The minimum absolute atomic E-state index is 0.0632. The lowest BCUT2D eigenvalue weighted by molar-refractivity contribution is -0.924. The zero-order chi connectivity index (χ0) is 17.7. The summed E-state index contributed by atoms with van der Waals surface area (Å²) in [6.07, 6.45) is 7.12. The average molecular weight is 332 g/mol. The number of amides is 1. The number of carbonyl (C=O) groups is 1. The van der Waals surface area contributed by atoms with Gasteiger partial charge >= 0.3 is 0 Å². The predicted octanol–water partition coefficient (Wildman–Crippen LogP) is 4.74. The molecule has 0 aliphatic carbocycles. The highest BCUT2D eigenvalue weighted by molar-refractivity contribution is 5.95. The maximum atomic E-state index is 13.2. The van der Waals surface area contributed by atoms with E-state index >= 15 is 0 Å². The van der Waals surface area contributed by atoms with Gasteiger partial charge in [-0.05, 0) is 64.0 Å².